The van der Waals surface area contributed by atoms with Crippen LogP contribution in [0.5, 0.6) is 0 Å². The number of hydrogen-bond donors (Lipinski definition) is 1. The van der Waals surface area contributed by atoms with Gasteiger partial charge in [0.25, 0.3) is 0 Å². The zero-order valence-corrected chi connectivity index (χ0v) is 13.3. The van der Waals surface area contributed by atoms with Crippen molar-refractivity contribution in [1.29, 1.82) is 0 Å². The van der Waals surface area contributed by atoms with Crippen molar-refractivity contribution in [2.45, 2.75) is 24.8 Å². The van der Waals surface area contributed by atoms with Gasteiger partial charge in [-0.2, -0.15) is 10.1 Å². The zero-order chi connectivity index (χ0) is 16.8. The van der Waals surface area contributed by atoms with Gasteiger partial charge < -0.3 is 9.73 Å². The maximum atomic E-state index is 13.0. The molecule has 0 amide bonds. The van der Waals surface area contributed by atoms with E-state index in [9.17, 15) is 4.79 Å². The fraction of sp³-hybridized carbons (Fsp3) is 0.222. The average Bonchev–Trinajstić information content (AvgIpc) is 3.32. The molecule has 0 saturated heterocycles. The van der Waals surface area contributed by atoms with Gasteiger partial charge in [0.15, 0.2) is 5.78 Å². The van der Waals surface area contributed by atoms with Crippen molar-refractivity contribution in [3.05, 3.63) is 71.8 Å². The molecule has 1 aliphatic carbocycles. The topological polar surface area (TPSA) is 85.8 Å². The van der Waals surface area contributed by atoms with Crippen molar-refractivity contribution >= 4 is 11.7 Å². The van der Waals surface area contributed by atoms with Crippen molar-refractivity contribution in [3.63, 3.8) is 0 Å². The van der Waals surface area contributed by atoms with Gasteiger partial charge in [0.2, 0.25) is 5.95 Å². The maximum absolute atomic E-state index is 13.0. The van der Waals surface area contributed by atoms with E-state index in [1.807, 2.05) is 24.3 Å². The van der Waals surface area contributed by atoms with Crippen molar-refractivity contribution in [2.24, 2.45) is 0 Å². The SMILES string of the molecule is O=C1CC(c2ccco2)CC2=C1C(c1cccnc1)n1ncnc1N2. The Morgan fingerprint density at radius 1 is 1.24 bits per heavy atom. The summed E-state index contributed by atoms with van der Waals surface area (Å²) in [7, 11) is 0. The molecule has 2 atom stereocenters. The molecule has 0 saturated carbocycles. The molecule has 5 rings (SSSR count). The van der Waals surface area contributed by atoms with Gasteiger partial charge in [-0.05, 0) is 30.2 Å². The van der Waals surface area contributed by atoms with Crippen LogP contribution in [0.2, 0.25) is 0 Å². The Kier molecular flexibility index (Phi) is 3.06. The summed E-state index contributed by atoms with van der Waals surface area (Å²) in [5.74, 6) is 1.62. The Morgan fingerprint density at radius 3 is 3.00 bits per heavy atom. The third-order valence-corrected chi connectivity index (χ3v) is 4.81. The summed E-state index contributed by atoms with van der Waals surface area (Å²) in [5.41, 5.74) is 2.56. The highest BCUT2D eigenvalue weighted by atomic mass is 16.3. The number of allylic oxidation sites excluding steroid dienone is 2. The Balaban J connectivity index is 1.63. The molecular weight excluding hydrogens is 318 g/mol. The first-order chi connectivity index (χ1) is 12.3. The fourth-order valence-corrected chi connectivity index (χ4v) is 3.72. The van der Waals surface area contributed by atoms with E-state index >= 15 is 0 Å². The van der Waals surface area contributed by atoms with E-state index in [1.54, 1.807) is 23.3 Å². The van der Waals surface area contributed by atoms with Crippen LogP contribution in [0.25, 0.3) is 0 Å². The molecule has 7 nitrogen and oxygen atoms in total. The van der Waals surface area contributed by atoms with Gasteiger partial charge in [-0.15, -0.1) is 0 Å². The number of nitrogens with one attached hydrogen (secondary N) is 1. The number of carbonyl (C=O) groups is 1. The highest BCUT2D eigenvalue weighted by molar-refractivity contribution is 6.00. The van der Waals surface area contributed by atoms with Crippen LogP contribution in [-0.4, -0.2) is 25.5 Å². The van der Waals surface area contributed by atoms with Crippen LogP contribution in [0.4, 0.5) is 5.95 Å². The molecule has 3 aromatic heterocycles. The summed E-state index contributed by atoms with van der Waals surface area (Å²) in [6, 6.07) is 7.31. The standard InChI is InChI=1S/C18H15N5O2/c24-14-8-12(15-4-2-6-25-15)7-13-16(14)17(11-3-1-5-19-9-11)23-18(22-13)20-10-21-23/h1-6,9-10,12,17H,7-8H2,(H,20,21,22). The van der Waals surface area contributed by atoms with E-state index < -0.39 is 0 Å². The lowest BCUT2D eigenvalue weighted by Crippen LogP contribution is -2.33. The third kappa shape index (κ3) is 2.20. The molecular formula is C18H15N5O2. The van der Waals surface area contributed by atoms with Gasteiger partial charge in [0, 0.05) is 36.0 Å². The molecule has 0 fully saturated rings. The van der Waals surface area contributed by atoms with E-state index in [4.69, 9.17) is 4.42 Å². The first kappa shape index (κ1) is 14.2. The second-order valence-corrected chi connectivity index (χ2v) is 6.28. The van der Waals surface area contributed by atoms with Crippen LogP contribution < -0.4 is 5.32 Å². The first-order valence-corrected chi connectivity index (χ1v) is 8.17. The predicted octanol–water partition coefficient (Wildman–Crippen LogP) is 2.68. The minimum absolute atomic E-state index is 0.0396. The van der Waals surface area contributed by atoms with Crippen LogP contribution in [0.1, 0.15) is 36.1 Å². The summed E-state index contributed by atoms with van der Waals surface area (Å²) in [6.45, 7) is 0. The summed E-state index contributed by atoms with van der Waals surface area (Å²) in [6.07, 6.45) is 7.77. The lowest BCUT2D eigenvalue weighted by molar-refractivity contribution is -0.117. The van der Waals surface area contributed by atoms with E-state index in [0.29, 0.717) is 18.8 Å². The number of ketones is 1. The largest absolute Gasteiger partial charge is 0.469 e. The fourth-order valence-electron chi connectivity index (χ4n) is 3.72. The monoisotopic (exact) mass is 333 g/mol. The number of nitrogens with zero attached hydrogens (tertiary/aromatic N) is 4. The van der Waals surface area contributed by atoms with E-state index in [-0.39, 0.29) is 17.7 Å². The molecule has 2 unspecified atom stereocenters. The Hall–Kier alpha value is -3.22. The number of rotatable bonds is 2. The zero-order valence-electron chi connectivity index (χ0n) is 13.3. The number of furan rings is 1. The smallest absolute Gasteiger partial charge is 0.226 e. The Bertz CT molecular complexity index is 959. The molecule has 7 heteroatoms. The Morgan fingerprint density at radius 2 is 2.20 bits per heavy atom. The number of aromatic nitrogens is 4. The minimum Gasteiger partial charge on any atom is -0.469 e. The predicted molar refractivity (Wildman–Crippen MR) is 88.7 cm³/mol. The molecule has 0 bridgehead atoms. The number of Topliss-reactive ketones (excluding diaryl/α,β-unsaturated/α-hetero) is 1. The summed E-state index contributed by atoms with van der Waals surface area (Å²) >= 11 is 0. The second-order valence-electron chi connectivity index (χ2n) is 6.28. The maximum Gasteiger partial charge on any atom is 0.226 e. The molecule has 25 heavy (non-hydrogen) atoms. The van der Waals surface area contributed by atoms with Crippen LogP contribution in [0.15, 0.2) is 64.9 Å². The van der Waals surface area contributed by atoms with Crippen molar-refractivity contribution in [1.82, 2.24) is 19.7 Å². The molecule has 4 heterocycles. The average molecular weight is 333 g/mol. The Labute approximate surface area is 143 Å². The lowest BCUT2D eigenvalue weighted by atomic mass is 9.80. The van der Waals surface area contributed by atoms with Gasteiger partial charge in [0.05, 0.1) is 6.26 Å². The van der Waals surface area contributed by atoms with E-state index in [1.165, 1.54) is 6.33 Å². The summed E-state index contributed by atoms with van der Waals surface area (Å²) in [4.78, 5) is 21.5. The van der Waals surface area contributed by atoms with E-state index in [0.717, 1.165) is 22.6 Å². The molecule has 0 aromatic carbocycles. The third-order valence-electron chi connectivity index (χ3n) is 4.81. The quantitative estimate of drug-likeness (QED) is 0.776. The molecule has 1 N–H and O–H groups in total. The molecule has 2 aliphatic rings. The van der Waals surface area contributed by atoms with Gasteiger partial charge in [-0.3, -0.25) is 9.78 Å². The van der Waals surface area contributed by atoms with Crippen LogP contribution in [0.3, 0.4) is 0 Å². The highest BCUT2D eigenvalue weighted by Gasteiger charge is 2.39. The highest BCUT2D eigenvalue weighted by Crippen LogP contribution is 2.43. The minimum atomic E-state index is -0.299. The van der Waals surface area contributed by atoms with Crippen molar-refractivity contribution < 1.29 is 9.21 Å². The second kappa shape index (κ2) is 5.41. The van der Waals surface area contributed by atoms with Gasteiger partial charge >= 0.3 is 0 Å². The normalized spacial score (nSPS) is 22.3. The summed E-state index contributed by atoms with van der Waals surface area (Å²) in [5, 5.41) is 7.61. The number of pyridine rings is 1. The van der Waals surface area contributed by atoms with Gasteiger partial charge in [-0.25, -0.2) is 4.68 Å². The molecule has 0 spiro atoms. The molecule has 1 aliphatic heterocycles. The molecule has 3 aromatic rings. The van der Waals surface area contributed by atoms with Gasteiger partial charge in [-0.1, -0.05) is 6.07 Å². The summed E-state index contributed by atoms with van der Waals surface area (Å²) < 4.78 is 7.27. The number of carbonyl (C=O) groups excluding carboxylic acids is 1. The van der Waals surface area contributed by atoms with Crippen LogP contribution >= 0.6 is 0 Å². The van der Waals surface area contributed by atoms with Crippen molar-refractivity contribution in [2.75, 3.05) is 5.32 Å². The first-order valence-electron chi connectivity index (χ1n) is 8.17. The van der Waals surface area contributed by atoms with Crippen LogP contribution in [-0.2, 0) is 4.79 Å². The van der Waals surface area contributed by atoms with Crippen molar-refractivity contribution in [3.8, 4) is 0 Å². The number of fused-ring (bicyclic) bond motifs is 1. The number of hydrogen-bond acceptors (Lipinski definition) is 6. The van der Waals surface area contributed by atoms with Crippen LogP contribution in [0, 0.1) is 0 Å². The molecule has 124 valence electrons. The number of anilines is 1. The lowest BCUT2D eigenvalue weighted by Gasteiger charge is -2.34. The van der Waals surface area contributed by atoms with Gasteiger partial charge in [0.1, 0.15) is 18.1 Å². The van der Waals surface area contributed by atoms with E-state index in [2.05, 4.69) is 20.4 Å². The molecule has 0 radical (unpaired) electrons.